The van der Waals surface area contributed by atoms with Crippen molar-refractivity contribution in [2.75, 3.05) is 19.8 Å². The van der Waals surface area contributed by atoms with Crippen LogP contribution in [0.25, 0.3) is 0 Å². The van der Waals surface area contributed by atoms with E-state index in [1.54, 1.807) is 24.3 Å². The van der Waals surface area contributed by atoms with E-state index in [1.807, 2.05) is 18.2 Å². The largest absolute Gasteiger partial charge is 0.486 e. The minimum absolute atomic E-state index is 0.279. The van der Waals surface area contributed by atoms with E-state index in [4.69, 9.17) is 9.47 Å². The van der Waals surface area contributed by atoms with E-state index in [1.165, 1.54) is 24.3 Å². The number of rotatable bonds is 6. The second-order valence-corrected chi connectivity index (χ2v) is 6.87. The van der Waals surface area contributed by atoms with E-state index in [9.17, 15) is 14.0 Å². The highest BCUT2D eigenvalue weighted by Gasteiger charge is 2.18. The van der Waals surface area contributed by atoms with Crippen LogP contribution in [0.5, 0.6) is 11.5 Å². The lowest BCUT2D eigenvalue weighted by Gasteiger charge is -2.19. The van der Waals surface area contributed by atoms with Gasteiger partial charge < -0.3 is 14.8 Å². The van der Waals surface area contributed by atoms with Crippen LogP contribution in [0.15, 0.2) is 66.7 Å². The van der Waals surface area contributed by atoms with Gasteiger partial charge in [-0.3, -0.25) is 9.59 Å². The number of fused-ring (bicyclic) bond motifs is 1. The second kappa shape index (κ2) is 8.78. The molecule has 3 aromatic rings. The Labute approximate surface area is 173 Å². The molecule has 0 fully saturated rings. The number of nitrogens with one attached hydrogen (secondary N) is 1. The molecule has 0 radical (unpaired) electrons. The van der Waals surface area contributed by atoms with Gasteiger partial charge in [-0.05, 0) is 54.4 Å². The van der Waals surface area contributed by atoms with Gasteiger partial charge in [-0.2, -0.15) is 0 Å². The van der Waals surface area contributed by atoms with Crippen molar-refractivity contribution >= 4 is 11.7 Å². The predicted octanol–water partition coefficient (Wildman–Crippen LogP) is 3.80. The Bertz CT molecular complexity index is 1080. The van der Waals surface area contributed by atoms with Crippen LogP contribution in [0.3, 0.4) is 0 Å². The van der Waals surface area contributed by atoms with Crippen LogP contribution < -0.4 is 14.8 Å². The zero-order valence-corrected chi connectivity index (χ0v) is 16.2. The standard InChI is InChI=1S/C24H20FNO4/c25-18-8-6-17(7-9-18)23(27)19-3-1-2-4-20(19)24(28)26-12-11-16-5-10-21-22(15-16)30-14-13-29-21/h1-10,15H,11-14H2,(H,26,28). The summed E-state index contributed by atoms with van der Waals surface area (Å²) >= 11 is 0. The van der Waals surface area contributed by atoms with Crippen molar-refractivity contribution in [1.29, 1.82) is 0 Å². The maximum atomic E-state index is 13.1. The predicted molar refractivity (Wildman–Crippen MR) is 110 cm³/mol. The van der Waals surface area contributed by atoms with Crippen LogP contribution >= 0.6 is 0 Å². The van der Waals surface area contributed by atoms with E-state index in [-0.39, 0.29) is 22.8 Å². The van der Waals surface area contributed by atoms with Gasteiger partial charge in [0.2, 0.25) is 0 Å². The number of hydrogen-bond donors (Lipinski definition) is 1. The Morgan fingerprint density at radius 2 is 1.57 bits per heavy atom. The van der Waals surface area contributed by atoms with E-state index in [2.05, 4.69) is 5.32 Å². The molecule has 30 heavy (non-hydrogen) atoms. The third kappa shape index (κ3) is 4.33. The number of halogens is 1. The summed E-state index contributed by atoms with van der Waals surface area (Å²) in [6.45, 7) is 1.46. The summed E-state index contributed by atoms with van der Waals surface area (Å²) in [6.07, 6.45) is 0.608. The molecular weight excluding hydrogens is 385 g/mol. The summed E-state index contributed by atoms with van der Waals surface area (Å²) < 4.78 is 24.2. The first kappa shape index (κ1) is 19.6. The molecule has 4 rings (SSSR count). The Hall–Kier alpha value is -3.67. The minimum Gasteiger partial charge on any atom is -0.486 e. The normalized spacial score (nSPS) is 12.3. The van der Waals surface area contributed by atoms with Crippen molar-refractivity contribution in [3.63, 3.8) is 0 Å². The van der Waals surface area contributed by atoms with Gasteiger partial charge in [-0.1, -0.05) is 24.3 Å². The third-order valence-electron chi connectivity index (χ3n) is 4.83. The molecule has 1 aliphatic rings. The summed E-state index contributed by atoms with van der Waals surface area (Å²) in [5, 5.41) is 2.86. The van der Waals surface area contributed by atoms with E-state index >= 15 is 0 Å². The smallest absolute Gasteiger partial charge is 0.252 e. The van der Waals surface area contributed by atoms with Crippen LogP contribution in [0.1, 0.15) is 31.8 Å². The molecule has 1 aliphatic heterocycles. The average molecular weight is 405 g/mol. The van der Waals surface area contributed by atoms with Crippen LogP contribution in [0.2, 0.25) is 0 Å². The highest BCUT2D eigenvalue weighted by atomic mass is 19.1. The molecule has 0 spiro atoms. The molecule has 0 bridgehead atoms. The monoisotopic (exact) mass is 405 g/mol. The van der Waals surface area contributed by atoms with Gasteiger partial charge in [0.25, 0.3) is 5.91 Å². The number of amides is 1. The highest BCUT2D eigenvalue weighted by molar-refractivity contribution is 6.15. The molecule has 1 N–H and O–H groups in total. The third-order valence-corrected chi connectivity index (χ3v) is 4.83. The molecular formula is C24H20FNO4. The Kier molecular flexibility index (Phi) is 5.75. The van der Waals surface area contributed by atoms with Gasteiger partial charge in [-0.15, -0.1) is 0 Å². The van der Waals surface area contributed by atoms with E-state index in [0.29, 0.717) is 37.5 Å². The molecule has 0 aromatic heterocycles. The highest BCUT2D eigenvalue weighted by Crippen LogP contribution is 2.30. The Morgan fingerprint density at radius 1 is 0.867 bits per heavy atom. The SMILES string of the molecule is O=C(NCCc1ccc2c(c1)OCCO2)c1ccccc1C(=O)c1ccc(F)cc1. The van der Waals surface area contributed by atoms with Crippen molar-refractivity contribution < 1.29 is 23.5 Å². The molecule has 152 valence electrons. The van der Waals surface area contributed by atoms with Crippen molar-refractivity contribution in [2.45, 2.75) is 6.42 Å². The van der Waals surface area contributed by atoms with Crippen LogP contribution in [-0.4, -0.2) is 31.4 Å². The number of hydrogen-bond acceptors (Lipinski definition) is 4. The van der Waals surface area contributed by atoms with E-state index in [0.717, 1.165) is 11.3 Å². The van der Waals surface area contributed by atoms with Crippen molar-refractivity contribution in [2.24, 2.45) is 0 Å². The molecule has 0 atom stereocenters. The number of carbonyl (C=O) groups excluding carboxylic acids is 2. The molecule has 1 heterocycles. The average Bonchev–Trinajstić information content (AvgIpc) is 2.79. The van der Waals surface area contributed by atoms with Crippen molar-refractivity contribution in [3.05, 3.63) is 94.8 Å². The van der Waals surface area contributed by atoms with Crippen molar-refractivity contribution in [1.82, 2.24) is 5.32 Å². The zero-order valence-electron chi connectivity index (χ0n) is 16.2. The number of ketones is 1. The first-order chi connectivity index (χ1) is 14.6. The molecule has 5 nitrogen and oxygen atoms in total. The quantitative estimate of drug-likeness (QED) is 0.634. The topological polar surface area (TPSA) is 64.6 Å². The summed E-state index contributed by atoms with van der Waals surface area (Å²) in [5.41, 5.74) is 1.90. The lowest BCUT2D eigenvalue weighted by Crippen LogP contribution is -2.27. The number of ether oxygens (including phenoxy) is 2. The molecule has 0 saturated heterocycles. The maximum Gasteiger partial charge on any atom is 0.252 e. The van der Waals surface area contributed by atoms with Crippen molar-refractivity contribution in [3.8, 4) is 11.5 Å². The first-order valence-electron chi connectivity index (χ1n) is 9.68. The van der Waals surface area contributed by atoms with Crippen LogP contribution in [0.4, 0.5) is 4.39 Å². The fraction of sp³-hybridized carbons (Fsp3) is 0.167. The van der Waals surface area contributed by atoms with E-state index < -0.39 is 5.82 Å². The molecule has 0 saturated carbocycles. The lowest BCUT2D eigenvalue weighted by atomic mass is 9.98. The molecule has 0 aliphatic carbocycles. The van der Waals surface area contributed by atoms with Gasteiger partial charge in [0.15, 0.2) is 17.3 Å². The Balaban J connectivity index is 1.43. The summed E-state index contributed by atoms with van der Waals surface area (Å²) in [7, 11) is 0. The molecule has 6 heteroatoms. The fourth-order valence-corrected chi connectivity index (χ4v) is 3.29. The summed E-state index contributed by atoms with van der Waals surface area (Å²) in [4.78, 5) is 25.5. The van der Waals surface area contributed by atoms with Gasteiger partial charge >= 0.3 is 0 Å². The Morgan fingerprint density at radius 3 is 2.33 bits per heavy atom. The number of carbonyl (C=O) groups is 2. The fourth-order valence-electron chi connectivity index (χ4n) is 3.29. The summed E-state index contributed by atoms with van der Waals surface area (Å²) in [6, 6.07) is 17.6. The van der Waals surface area contributed by atoms with Crippen LogP contribution in [-0.2, 0) is 6.42 Å². The lowest BCUT2D eigenvalue weighted by molar-refractivity contribution is 0.0942. The minimum atomic E-state index is -0.420. The molecule has 3 aromatic carbocycles. The molecule has 0 unspecified atom stereocenters. The van der Waals surface area contributed by atoms with Gasteiger partial charge in [0, 0.05) is 17.7 Å². The zero-order chi connectivity index (χ0) is 20.9. The van der Waals surface area contributed by atoms with Crippen LogP contribution in [0, 0.1) is 5.82 Å². The summed E-state index contributed by atoms with van der Waals surface area (Å²) in [5.74, 6) is 0.352. The number of benzene rings is 3. The first-order valence-corrected chi connectivity index (χ1v) is 9.68. The van der Waals surface area contributed by atoms with Gasteiger partial charge in [0.05, 0.1) is 5.56 Å². The van der Waals surface area contributed by atoms with Gasteiger partial charge in [0.1, 0.15) is 19.0 Å². The second-order valence-electron chi connectivity index (χ2n) is 6.87. The van der Waals surface area contributed by atoms with Gasteiger partial charge in [-0.25, -0.2) is 4.39 Å². The molecule has 1 amide bonds. The maximum absolute atomic E-state index is 13.1.